The topological polar surface area (TPSA) is 29.1 Å². The van der Waals surface area contributed by atoms with Gasteiger partial charge in [0.1, 0.15) is 5.69 Å². The molecule has 0 atom stereocenters. The van der Waals surface area contributed by atoms with Gasteiger partial charge in [-0.05, 0) is 12.1 Å². The minimum absolute atomic E-state index is 0.0542. The van der Waals surface area contributed by atoms with Crippen LogP contribution in [0.3, 0.4) is 0 Å². The van der Waals surface area contributed by atoms with Crippen molar-refractivity contribution in [1.29, 1.82) is 0 Å². The second kappa shape index (κ2) is 3.49. The first-order valence-corrected chi connectivity index (χ1v) is 3.37. The molecule has 1 amide bonds. The SMILES string of the molecule is O=CNc1c(F)cc(Cl)cc1F. The van der Waals surface area contributed by atoms with E-state index in [0.717, 1.165) is 12.1 Å². The van der Waals surface area contributed by atoms with E-state index in [9.17, 15) is 13.6 Å². The van der Waals surface area contributed by atoms with Gasteiger partial charge in [0.05, 0.1) is 0 Å². The first kappa shape index (κ1) is 8.93. The molecule has 0 fully saturated rings. The zero-order chi connectivity index (χ0) is 9.14. The van der Waals surface area contributed by atoms with Crippen LogP contribution in [-0.2, 0) is 4.79 Å². The molecule has 0 aliphatic rings. The Bertz CT molecular complexity index is 293. The molecule has 0 saturated carbocycles. The Hall–Kier alpha value is -1.16. The lowest BCUT2D eigenvalue weighted by Gasteiger charge is -2.02. The average molecular weight is 192 g/mol. The summed E-state index contributed by atoms with van der Waals surface area (Å²) in [7, 11) is 0. The van der Waals surface area contributed by atoms with Crippen molar-refractivity contribution in [2.45, 2.75) is 0 Å². The summed E-state index contributed by atoms with van der Waals surface area (Å²) in [5, 5.41) is 1.83. The third-order valence-electron chi connectivity index (χ3n) is 1.21. The number of rotatable bonds is 2. The molecular weight excluding hydrogens is 188 g/mol. The Morgan fingerprint density at radius 2 is 1.83 bits per heavy atom. The van der Waals surface area contributed by atoms with Gasteiger partial charge in [0.25, 0.3) is 0 Å². The van der Waals surface area contributed by atoms with Crippen molar-refractivity contribution in [3.05, 3.63) is 28.8 Å². The van der Waals surface area contributed by atoms with Crippen LogP contribution >= 0.6 is 11.6 Å². The molecule has 5 heteroatoms. The van der Waals surface area contributed by atoms with E-state index in [1.54, 1.807) is 0 Å². The minimum Gasteiger partial charge on any atom is -0.324 e. The molecule has 1 rings (SSSR count). The first-order chi connectivity index (χ1) is 5.65. The molecule has 64 valence electrons. The van der Waals surface area contributed by atoms with Crippen LogP contribution in [0.5, 0.6) is 0 Å². The van der Waals surface area contributed by atoms with Crippen molar-refractivity contribution in [1.82, 2.24) is 0 Å². The summed E-state index contributed by atoms with van der Waals surface area (Å²) in [5.41, 5.74) is -0.491. The lowest BCUT2D eigenvalue weighted by molar-refractivity contribution is -0.105. The zero-order valence-electron chi connectivity index (χ0n) is 5.77. The molecule has 0 heterocycles. The van der Waals surface area contributed by atoms with Crippen LogP contribution in [0.25, 0.3) is 0 Å². The van der Waals surface area contributed by atoms with Gasteiger partial charge in [-0.2, -0.15) is 0 Å². The normalized spacial score (nSPS) is 9.58. The van der Waals surface area contributed by atoms with E-state index >= 15 is 0 Å². The van der Waals surface area contributed by atoms with Crippen LogP contribution in [0.4, 0.5) is 14.5 Å². The molecule has 1 aromatic rings. The first-order valence-electron chi connectivity index (χ1n) is 3.00. The second-order valence-electron chi connectivity index (χ2n) is 2.01. The summed E-state index contributed by atoms with van der Waals surface area (Å²) in [6.07, 6.45) is 0.190. The van der Waals surface area contributed by atoms with Crippen LogP contribution in [0.2, 0.25) is 5.02 Å². The fraction of sp³-hybridized carbons (Fsp3) is 0. The molecule has 1 aromatic carbocycles. The third kappa shape index (κ3) is 1.71. The molecule has 0 aliphatic carbocycles. The minimum atomic E-state index is -0.896. The van der Waals surface area contributed by atoms with Crippen molar-refractivity contribution >= 4 is 23.7 Å². The number of benzene rings is 1. The van der Waals surface area contributed by atoms with E-state index in [1.165, 1.54) is 0 Å². The van der Waals surface area contributed by atoms with Gasteiger partial charge < -0.3 is 5.32 Å². The van der Waals surface area contributed by atoms with E-state index in [0.29, 0.717) is 0 Å². The lowest BCUT2D eigenvalue weighted by atomic mass is 10.3. The Kier molecular flexibility index (Phi) is 2.60. The maximum Gasteiger partial charge on any atom is 0.211 e. The predicted octanol–water partition coefficient (Wildman–Crippen LogP) is 2.19. The summed E-state index contributed by atoms with van der Waals surface area (Å²) in [5.74, 6) is -1.79. The summed E-state index contributed by atoms with van der Waals surface area (Å²) < 4.78 is 25.5. The number of carbonyl (C=O) groups excluding carboxylic acids is 1. The molecule has 0 unspecified atom stereocenters. The van der Waals surface area contributed by atoms with E-state index in [1.807, 2.05) is 5.32 Å². The molecule has 1 N–H and O–H groups in total. The molecule has 0 saturated heterocycles. The van der Waals surface area contributed by atoms with Crippen LogP contribution in [0.15, 0.2) is 12.1 Å². The highest BCUT2D eigenvalue weighted by Gasteiger charge is 2.08. The van der Waals surface area contributed by atoms with Gasteiger partial charge >= 0.3 is 0 Å². The van der Waals surface area contributed by atoms with Gasteiger partial charge in [-0.3, -0.25) is 4.79 Å². The molecule has 0 aliphatic heterocycles. The smallest absolute Gasteiger partial charge is 0.211 e. The average Bonchev–Trinajstić information content (AvgIpc) is 1.96. The Morgan fingerprint density at radius 1 is 1.33 bits per heavy atom. The maximum atomic E-state index is 12.8. The van der Waals surface area contributed by atoms with Crippen molar-refractivity contribution < 1.29 is 13.6 Å². The Labute approximate surface area is 72.1 Å². The summed E-state index contributed by atoms with van der Waals surface area (Å²) >= 11 is 5.33. The molecule has 2 nitrogen and oxygen atoms in total. The van der Waals surface area contributed by atoms with Crippen molar-refractivity contribution in [2.75, 3.05) is 5.32 Å². The number of amides is 1. The van der Waals surface area contributed by atoms with Crippen LogP contribution in [0, 0.1) is 11.6 Å². The molecular formula is C7H4ClF2NO. The number of nitrogens with one attached hydrogen (secondary N) is 1. The standard InChI is InChI=1S/C7H4ClF2NO/c8-4-1-5(9)7(11-3-12)6(10)2-4/h1-3H,(H,11,12). The van der Waals surface area contributed by atoms with E-state index in [-0.39, 0.29) is 11.4 Å². The van der Waals surface area contributed by atoms with Gasteiger partial charge in [0.2, 0.25) is 6.41 Å². The predicted molar refractivity (Wildman–Crippen MR) is 41.1 cm³/mol. The van der Waals surface area contributed by atoms with Crippen LogP contribution in [0.1, 0.15) is 0 Å². The van der Waals surface area contributed by atoms with E-state index in [2.05, 4.69) is 0 Å². The summed E-state index contributed by atoms with van der Waals surface area (Å²) in [6.45, 7) is 0. The monoisotopic (exact) mass is 191 g/mol. The fourth-order valence-corrected chi connectivity index (χ4v) is 0.931. The number of anilines is 1. The molecule has 0 aromatic heterocycles. The van der Waals surface area contributed by atoms with Crippen molar-refractivity contribution in [3.8, 4) is 0 Å². The largest absolute Gasteiger partial charge is 0.324 e. The number of carbonyl (C=O) groups is 1. The zero-order valence-corrected chi connectivity index (χ0v) is 6.53. The maximum absolute atomic E-state index is 12.8. The molecule has 12 heavy (non-hydrogen) atoms. The van der Waals surface area contributed by atoms with Gasteiger partial charge in [-0.25, -0.2) is 8.78 Å². The number of hydrogen-bond donors (Lipinski definition) is 1. The highest BCUT2D eigenvalue weighted by Crippen LogP contribution is 2.22. The summed E-state index contributed by atoms with van der Waals surface area (Å²) in [6, 6.07) is 1.83. The Morgan fingerprint density at radius 3 is 2.25 bits per heavy atom. The second-order valence-corrected chi connectivity index (χ2v) is 2.44. The summed E-state index contributed by atoms with van der Waals surface area (Å²) in [4.78, 5) is 9.89. The van der Waals surface area contributed by atoms with E-state index < -0.39 is 17.3 Å². The number of hydrogen-bond acceptors (Lipinski definition) is 1. The number of halogens is 3. The Balaban J connectivity index is 3.18. The highest BCUT2D eigenvalue weighted by atomic mass is 35.5. The van der Waals surface area contributed by atoms with Gasteiger partial charge in [-0.1, -0.05) is 11.6 Å². The van der Waals surface area contributed by atoms with Crippen molar-refractivity contribution in [2.24, 2.45) is 0 Å². The molecule has 0 radical (unpaired) electrons. The van der Waals surface area contributed by atoms with E-state index in [4.69, 9.17) is 11.6 Å². The van der Waals surface area contributed by atoms with Crippen LogP contribution in [-0.4, -0.2) is 6.41 Å². The molecule has 0 spiro atoms. The molecule has 0 bridgehead atoms. The van der Waals surface area contributed by atoms with Crippen molar-refractivity contribution in [3.63, 3.8) is 0 Å². The van der Waals surface area contributed by atoms with Gasteiger partial charge in [0, 0.05) is 5.02 Å². The third-order valence-corrected chi connectivity index (χ3v) is 1.43. The van der Waals surface area contributed by atoms with Crippen LogP contribution < -0.4 is 5.32 Å². The fourth-order valence-electron chi connectivity index (χ4n) is 0.739. The lowest BCUT2D eigenvalue weighted by Crippen LogP contribution is -2.00. The highest BCUT2D eigenvalue weighted by molar-refractivity contribution is 6.30. The van der Waals surface area contributed by atoms with Gasteiger partial charge in [0.15, 0.2) is 11.6 Å². The van der Waals surface area contributed by atoms with Gasteiger partial charge in [-0.15, -0.1) is 0 Å². The quantitative estimate of drug-likeness (QED) is 0.714.